The van der Waals surface area contributed by atoms with Gasteiger partial charge in [0.1, 0.15) is 5.75 Å². The Balaban J connectivity index is 1.41. The Morgan fingerprint density at radius 2 is 1.58 bits per heavy atom. The molecular weight excluding hydrogens is 392 g/mol. The van der Waals surface area contributed by atoms with Gasteiger partial charge in [0.15, 0.2) is 5.69 Å². The number of carbonyl (C=O) groups is 2. The molecular formula is C24H22N4O3. The molecule has 3 N–H and O–H groups in total. The molecule has 31 heavy (non-hydrogen) atoms. The Bertz CT molecular complexity index is 1220. The van der Waals surface area contributed by atoms with Crippen molar-refractivity contribution in [2.24, 2.45) is 0 Å². The van der Waals surface area contributed by atoms with Crippen molar-refractivity contribution in [1.29, 1.82) is 0 Å². The maximum Gasteiger partial charge on any atom is 0.273 e. The first-order valence-electron chi connectivity index (χ1n) is 9.95. The van der Waals surface area contributed by atoms with Crippen LogP contribution in [0.1, 0.15) is 26.4 Å². The lowest BCUT2D eigenvalue weighted by Crippen LogP contribution is -2.35. The van der Waals surface area contributed by atoms with Crippen molar-refractivity contribution in [3.8, 4) is 5.75 Å². The molecule has 0 saturated carbocycles. The molecule has 4 rings (SSSR count). The summed E-state index contributed by atoms with van der Waals surface area (Å²) < 4.78 is 2.06. The zero-order chi connectivity index (χ0) is 21.6. The van der Waals surface area contributed by atoms with Gasteiger partial charge in [0.25, 0.3) is 11.8 Å². The van der Waals surface area contributed by atoms with Crippen molar-refractivity contribution in [2.75, 3.05) is 13.1 Å². The number of hydrogen-bond acceptors (Lipinski definition) is 4. The molecule has 156 valence electrons. The lowest BCUT2D eigenvalue weighted by molar-refractivity contribution is 0.0924. The molecule has 0 fully saturated rings. The van der Waals surface area contributed by atoms with Crippen LogP contribution < -0.4 is 10.6 Å². The van der Waals surface area contributed by atoms with E-state index in [0.717, 1.165) is 16.5 Å². The highest BCUT2D eigenvalue weighted by Gasteiger charge is 2.15. The minimum Gasteiger partial charge on any atom is -0.505 e. The SMILES string of the molecule is O=C(NCCNC(=O)c1cn(Cc2ccccc2)c2ccccc12)c1ncccc1O. The summed E-state index contributed by atoms with van der Waals surface area (Å²) in [6.45, 7) is 1.12. The summed E-state index contributed by atoms with van der Waals surface area (Å²) in [5.41, 5.74) is 2.67. The molecule has 2 heterocycles. The Hall–Kier alpha value is -4.13. The van der Waals surface area contributed by atoms with E-state index in [1.165, 1.54) is 12.3 Å². The molecule has 0 bridgehead atoms. The van der Waals surface area contributed by atoms with Gasteiger partial charge in [-0.25, -0.2) is 4.98 Å². The molecule has 7 heteroatoms. The van der Waals surface area contributed by atoms with E-state index >= 15 is 0 Å². The highest BCUT2D eigenvalue weighted by Crippen LogP contribution is 2.22. The number of benzene rings is 2. The molecule has 0 aliphatic heterocycles. The fraction of sp³-hybridized carbons (Fsp3) is 0.125. The standard InChI is InChI=1S/C24H22N4O3/c29-21-11-6-12-25-22(21)24(31)27-14-13-26-23(30)19-16-28(15-17-7-2-1-3-8-17)20-10-5-4-9-18(19)20/h1-12,16,29H,13-15H2,(H,26,30)(H,27,31). The normalized spacial score (nSPS) is 10.7. The average molecular weight is 414 g/mol. The van der Waals surface area contributed by atoms with Crippen LogP contribution in [0.4, 0.5) is 0 Å². The summed E-state index contributed by atoms with van der Waals surface area (Å²) in [4.78, 5) is 28.7. The molecule has 4 aromatic rings. The van der Waals surface area contributed by atoms with E-state index in [-0.39, 0.29) is 30.4 Å². The van der Waals surface area contributed by atoms with Crippen molar-refractivity contribution in [1.82, 2.24) is 20.2 Å². The second kappa shape index (κ2) is 9.13. The molecule has 0 radical (unpaired) electrons. The fourth-order valence-corrected chi connectivity index (χ4v) is 3.44. The van der Waals surface area contributed by atoms with Gasteiger partial charge >= 0.3 is 0 Å². The van der Waals surface area contributed by atoms with Crippen molar-refractivity contribution in [3.05, 3.63) is 95.9 Å². The number of amides is 2. The minimum absolute atomic E-state index is 0.0437. The molecule has 2 amide bonds. The lowest BCUT2D eigenvalue weighted by atomic mass is 10.1. The summed E-state index contributed by atoms with van der Waals surface area (Å²) in [5.74, 6) is -0.889. The molecule has 0 aliphatic rings. The van der Waals surface area contributed by atoms with Gasteiger partial charge in [0, 0.05) is 42.9 Å². The Kier molecular flexibility index (Phi) is 5.93. The summed E-state index contributed by atoms with van der Waals surface area (Å²) in [5, 5.41) is 16.0. The largest absolute Gasteiger partial charge is 0.505 e. The number of fused-ring (bicyclic) bond motifs is 1. The predicted molar refractivity (Wildman–Crippen MR) is 118 cm³/mol. The second-order valence-electron chi connectivity index (χ2n) is 7.06. The molecule has 0 atom stereocenters. The van der Waals surface area contributed by atoms with Crippen molar-refractivity contribution in [2.45, 2.75) is 6.54 Å². The zero-order valence-electron chi connectivity index (χ0n) is 16.8. The van der Waals surface area contributed by atoms with Crippen molar-refractivity contribution in [3.63, 3.8) is 0 Å². The monoisotopic (exact) mass is 414 g/mol. The molecule has 2 aromatic carbocycles. The van der Waals surface area contributed by atoms with Crippen molar-refractivity contribution < 1.29 is 14.7 Å². The van der Waals surface area contributed by atoms with Crippen LogP contribution in [0.3, 0.4) is 0 Å². The van der Waals surface area contributed by atoms with Gasteiger partial charge in [-0.15, -0.1) is 0 Å². The number of rotatable bonds is 7. The van der Waals surface area contributed by atoms with Gasteiger partial charge in [-0.1, -0.05) is 48.5 Å². The third-order valence-electron chi connectivity index (χ3n) is 4.93. The molecule has 0 aliphatic carbocycles. The van der Waals surface area contributed by atoms with Crippen LogP contribution in [-0.2, 0) is 6.54 Å². The van der Waals surface area contributed by atoms with Gasteiger partial charge in [-0.05, 0) is 23.8 Å². The smallest absolute Gasteiger partial charge is 0.273 e. The number of aromatic nitrogens is 2. The van der Waals surface area contributed by atoms with Gasteiger partial charge < -0.3 is 20.3 Å². The number of carbonyl (C=O) groups excluding carboxylic acids is 2. The van der Waals surface area contributed by atoms with Crippen LogP contribution in [-0.4, -0.2) is 39.6 Å². The molecule has 7 nitrogen and oxygen atoms in total. The summed E-state index contributed by atoms with van der Waals surface area (Å²) in [7, 11) is 0. The first kappa shape index (κ1) is 20.2. The third-order valence-corrected chi connectivity index (χ3v) is 4.93. The second-order valence-corrected chi connectivity index (χ2v) is 7.06. The van der Waals surface area contributed by atoms with Crippen LogP contribution in [0.25, 0.3) is 10.9 Å². The van der Waals surface area contributed by atoms with Crippen LogP contribution in [0.2, 0.25) is 0 Å². The van der Waals surface area contributed by atoms with E-state index < -0.39 is 5.91 Å². The van der Waals surface area contributed by atoms with Gasteiger partial charge in [-0.3, -0.25) is 9.59 Å². The van der Waals surface area contributed by atoms with Gasteiger partial charge in [0.2, 0.25) is 0 Å². The molecule has 0 saturated heterocycles. The molecule has 0 spiro atoms. The lowest BCUT2D eigenvalue weighted by Gasteiger charge is -2.07. The first-order valence-corrected chi connectivity index (χ1v) is 9.95. The first-order chi connectivity index (χ1) is 15.1. The van der Waals surface area contributed by atoms with E-state index in [9.17, 15) is 14.7 Å². The number of hydrogen-bond donors (Lipinski definition) is 3. The maximum atomic E-state index is 12.8. The quantitative estimate of drug-likeness (QED) is 0.405. The number of nitrogens with one attached hydrogen (secondary N) is 2. The van der Waals surface area contributed by atoms with Crippen LogP contribution in [0, 0.1) is 0 Å². The summed E-state index contributed by atoms with van der Waals surface area (Å²) >= 11 is 0. The van der Waals surface area contributed by atoms with Gasteiger partial charge in [-0.2, -0.15) is 0 Å². The number of para-hydroxylation sites is 1. The van der Waals surface area contributed by atoms with Crippen LogP contribution >= 0.6 is 0 Å². The number of pyridine rings is 1. The molecule has 0 unspecified atom stereocenters. The third kappa shape index (κ3) is 4.56. The average Bonchev–Trinajstić information content (AvgIpc) is 3.16. The van der Waals surface area contributed by atoms with Crippen LogP contribution in [0.5, 0.6) is 5.75 Å². The Morgan fingerprint density at radius 1 is 0.871 bits per heavy atom. The topological polar surface area (TPSA) is 96.3 Å². The number of aromatic hydroxyl groups is 1. The Labute approximate surface area is 179 Å². The number of nitrogens with zero attached hydrogens (tertiary/aromatic N) is 2. The van der Waals surface area contributed by atoms with Crippen molar-refractivity contribution >= 4 is 22.7 Å². The van der Waals surface area contributed by atoms with Crippen LogP contribution in [0.15, 0.2) is 79.1 Å². The van der Waals surface area contributed by atoms with E-state index in [1.807, 2.05) is 48.7 Å². The predicted octanol–water partition coefficient (Wildman–Crippen LogP) is 2.95. The highest BCUT2D eigenvalue weighted by molar-refractivity contribution is 6.07. The summed E-state index contributed by atoms with van der Waals surface area (Å²) in [6.07, 6.45) is 3.29. The van der Waals surface area contributed by atoms with E-state index in [0.29, 0.717) is 12.1 Å². The molecule has 2 aromatic heterocycles. The zero-order valence-corrected chi connectivity index (χ0v) is 16.8. The highest BCUT2D eigenvalue weighted by atomic mass is 16.3. The van der Waals surface area contributed by atoms with E-state index in [1.54, 1.807) is 6.07 Å². The summed E-state index contributed by atoms with van der Waals surface area (Å²) in [6, 6.07) is 20.8. The fourth-order valence-electron chi connectivity index (χ4n) is 3.44. The minimum atomic E-state index is -0.494. The van der Waals surface area contributed by atoms with Gasteiger partial charge in [0.05, 0.1) is 5.56 Å². The maximum absolute atomic E-state index is 12.8. The van der Waals surface area contributed by atoms with E-state index in [4.69, 9.17) is 0 Å². The Morgan fingerprint density at radius 3 is 2.35 bits per heavy atom. The van der Waals surface area contributed by atoms with E-state index in [2.05, 4.69) is 32.3 Å².